The Morgan fingerprint density at radius 3 is 1.45 bits per heavy atom. The predicted molar refractivity (Wildman–Crippen MR) is 129 cm³/mol. The molecule has 0 aliphatic carbocycles. The Balaban J connectivity index is 1.60. The van der Waals surface area contributed by atoms with Gasteiger partial charge in [-0.3, -0.25) is 0 Å². The van der Waals surface area contributed by atoms with E-state index in [1.54, 1.807) is 0 Å². The summed E-state index contributed by atoms with van der Waals surface area (Å²) in [5.41, 5.74) is 5.40. The van der Waals surface area contributed by atoms with Gasteiger partial charge in [-0.2, -0.15) is 0 Å². The maximum atomic E-state index is 4.96. The SMILES string of the molecule is c1ccc(Nc2nc3cccc(Nc4ccccc4)c3nc2Nc2ccccc2)cc1. The van der Waals surface area contributed by atoms with Crippen LogP contribution in [0.2, 0.25) is 0 Å². The topological polar surface area (TPSA) is 61.9 Å². The van der Waals surface area contributed by atoms with Crippen LogP contribution in [-0.2, 0) is 0 Å². The molecular formula is C26H21N5. The zero-order chi connectivity index (χ0) is 20.9. The molecule has 0 bridgehead atoms. The van der Waals surface area contributed by atoms with E-state index in [1.807, 2.05) is 109 Å². The smallest absolute Gasteiger partial charge is 0.174 e. The lowest BCUT2D eigenvalue weighted by Gasteiger charge is -2.15. The van der Waals surface area contributed by atoms with Crippen molar-refractivity contribution in [3.8, 4) is 0 Å². The van der Waals surface area contributed by atoms with Crippen molar-refractivity contribution in [3.05, 3.63) is 109 Å². The van der Waals surface area contributed by atoms with Crippen molar-refractivity contribution in [2.24, 2.45) is 0 Å². The van der Waals surface area contributed by atoms with E-state index in [1.165, 1.54) is 0 Å². The van der Waals surface area contributed by atoms with E-state index in [9.17, 15) is 0 Å². The minimum Gasteiger partial charge on any atom is -0.354 e. The van der Waals surface area contributed by atoms with Crippen LogP contribution in [0.4, 0.5) is 34.4 Å². The molecule has 0 saturated heterocycles. The van der Waals surface area contributed by atoms with Crippen molar-refractivity contribution in [1.82, 2.24) is 9.97 Å². The lowest BCUT2D eigenvalue weighted by molar-refractivity contribution is 1.27. The molecule has 31 heavy (non-hydrogen) atoms. The number of hydrogen-bond donors (Lipinski definition) is 3. The molecule has 5 aromatic rings. The third-order valence-electron chi connectivity index (χ3n) is 4.82. The number of hydrogen-bond acceptors (Lipinski definition) is 5. The van der Waals surface area contributed by atoms with Crippen LogP contribution < -0.4 is 16.0 Å². The van der Waals surface area contributed by atoms with Crippen LogP contribution in [-0.4, -0.2) is 9.97 Å². The summed E-state index contributed by atoms with van der Waals surface area (Å²) >= 11 is 0. The maximum Gasteiger partial charge on any atom is 0.174 e. The third kappa shape index (κ3) is 4.31. The summed E-state index contributed by atoms with van der Waals surface area (Å²) in [4.78, 5) is 9.86. The highest BCUT2D eigenvalue weighted by molar-refractivity contribution is 5.93. The van der Waals surface area contributed by atoms with Crippen molar-refractivity contribution in [2.75, 3.05) is 16.0 Å². The van der Waals surface area contributed by atoms with Gasteiger partial charge in [0.15, 0.2) is 11.6 Å². The van der Waals surface area contributed by atoms with E-state index < -0.39 is 0 Å². The van der Waals surface area contributed by atoms with E-state index in [4.69, 9.17) is 9.97 Å². The number of rotatable bonds is 6. The van der Waals surface area contributed by atoms with Gasteiger partial charge in [0.2, 0.25) is 0 Å². The zero-order valence-electron chi connectivity index (χ0n) is 16.8. The normalized spacial score (nSPS) is 10.6. The molecule has 150 valence electrons. The molecule has 3 N–H and O–H groups in total. The molecule has 0 unspecified atom stereocenters. The molecule has 5 heteroatoms. The highest BCUT2D eigenvalue weighted by atomic mass is 15.1. The number of anilines is 6. The van der Waals surface area contributed by atoms with Gasteiger partial charge >= 0.3 is 0 Å². The van der Waals surface area contributed by atoms with Gasteiger partial charge in [0.05, 0.1) is 11.2 Å². The Kier molecular flexibility index (Phi) is 5.14. The predicted octanol–water partition coefficient (Wildman–Crippen LogP) is 6.86. The molecule has 0 aliphatic heterocycles. The first-order chi connectivity index (χ1) is 15.3. The van der Waals surface area contributed by atoms with Crippen molar-refractivity contribution in [1.29, 1.82) is 0 Å². The van der Waals surface area contributed by atoms with E-state index in [0.717, 1.165) is 33.8 Å². The van der Waals surface area contributed by atoms with Crippen molar-refractivity contribution < 1.29 is 0 Å². The van der Waals surface area contributed by atoms with E-state index in [0.29, 0.717) is 11.6 Å². The lowest BCUT2D eigenvalue weighted by Crippen LogP contribution is -2.04. The molecule has 0 atom stereocenters. The second kappa shape index (κ2) is 8.55. The maximum absolute atomic E-state index is 4.96. The molecule has 5 nitrogen and oxygen atoms in total. The average molecular weight is 403 g/mol. The number of nitrogens with zero attached hydrogens (tertiary/aromatic N) is 2. The second-order valence-corrected chi connectivity index (χ2v) is 7.07. The minimum atomic E-state index is 0.657. The Labute approximate surface area is 180 Å². The fraction of sp³-hybridized carbons (Fsp3) is 0. The summed E-state index contributed by atoms with van der Waals surface area (Å²) in [6.07, 6.45) is 0. The molecule has 0 amide bonds. The molecule has 5 rings (SSSR count). The van der Waals surface area contributed by atoms with E-state index in [-0.39, 0.29) is 0 Å². The van der Waals surface area contributed by atoms with Crippen LogP contribution >= 0.6 is 0 Å². The van der Waals surface area contributed by atoms with Crippen LogP contribution in [0.1, 0.15) is 0 Å². The quantitative estimate of drug-likeness (QED) is 0.289. The van der Waals surface area contributed by atoms with Crippen LogP contribution in [0.3, 0.4) is 0 Å². The number of nitrogens with one attached hydrogen (secondary N) is 3. The minimum absolute atomic E-state index is 0.657. The van der Waals surface area contributed by atoms with Crippen LogP contribution in [0, 0.1) is 0 Å². The van der Waals surface area contributed by atoms with Crippen molar-refractivity contribution in [3.63, 3.8) is 0 Å². The van der Waals surface area contributed by atoms with Gasteiger partial charge in [-0.15, -0.1) is 0 Å². The van der Waals surface area contributed by atoms with Gasteiger partial charge in [0.1, 0.15) is 5.52 Å². The van der Waals surface area contributed by atoms with Crippen LogP contribution in [0.5, 0.6) is 0 Å². The Hall–Kier alpha value is -4.38. The first-order valence-corrected chi connectivity index (χ1v) is 10.1. The molecule has 0 spiro atoms. The number of aromatic nitrogens is 2. The largest absolute Gasteiger partial charge is 0.354 e. The first-order valence-electron chi connectivity index (χ1n) is 10.1. The molecule has 0 aliphatic rings. The van der Waals surface area contributed by atoms with Crippen LogP contribution in [0.15, 0.2) is 109 Å². The Bertz CT molecular complexity index is 1290. The second-order valence-electron chi connectivity index (χ2n) is 7.07. The summed E-state index contributed by atoms with van der Waals surface area (Å²) in [6, 6.07) is 36.0. The standard InChI is InChI=1S/C26H21N5/c1-4-11-19(12-5-1)27-22-17-10-18-23-24(22)31-26(29-21-15-8-3-9-16-21)25(30-23)28-20-13-6-2-7-14-20/h1-18,27H,(H,28,30)(H,29,31). The number of benzene rings is 4. The van der Waals surface area contributed by atoms with E-state index in [2.05, 4.69) is 16.0 Å². The highest BCUT2D eigenvalue weighted by Gasteiger charge is 2.13. The Morgan fingerprint density at radius 1 is 0.419 bits per heavy atom. The zero-order valence-corrected chi connectivity index (χ0v) is 16.8. The average Bonchev–Trinajstić information content (AvgIpc) is 2.82. The summed E-state index contributed by atoms with van der Waals surface area (Å²) in [5, 5.41) is 10.3. The van der Waals surface area contributed by atoms with Gasteiger partial charge < -0.3 is 16.0 Å². The fourth-order valence-corrected chi connectivity index (χ4v) is 3.35. The van der Waals surface area contributed by atoms with Crippen molar-refractivity contribution >= 4 is 45.4 Å². The molecule has 0 radical (unpaired) electrons. The molecule has 0 saturated carbocycles. The van der Waals surface area contributed by atoms with Gasteiger partial charge in [-0.1, -0.05) is 60.7 Å². The number of para-hydroxylation sites is 4. The fourth-order valence-electron chi connectivity index (χ4n) is 3.35. The van der Waals surface area contributed by atoms with Crippen molar-refractivity contribution in [2.45, 2.75) is 0 Å². The van der Waals surface area contributed by atoms with Gasteiger partial charge in [0.25, 0.3) is 0 Å². The number of fused-ring (bicyclic) bond motifs is 1. The van der Waals surface area contributed by atoms with Crippen LogP contribution in [0.25, 0.3) is 11.0 Å². The first kappa shape index (κ1) is 18.6. The molecular weight excluding hydrogens is 382 g/mol. The molecule has 4 aromatic carbocycles. The Morgan fingerprint density at radius 2 is 0.903 bits per heavy atom. The lowest BCUT2D eigenvalue weighted by atomic mass is 10.2. The summed E-state index contributed by atoms with van der Waals surface area (Å²) in [7, 11) is 0. The van der Waals surface area contributed by atoms with Gasteiger partial charge in [-0.25, -0.2) is 9.97 Å². The van der Waals surface area contributed by atoms with Gasteiger partial charge in [-0.05, 0) is 48.5 Å². The molecule has 1 aromatic heterocycles. The highest BCUT2D eigenvalue weighted by Crippen LogP contribution is 2.31. The summed E-state index contributed by atoms with van der Waals surface area (Å²) in [6.45, 7) is 0. The van der Waals surface area contributed by atoms with Gasteiger partial charge in [0, 0.05) is 17.1 Å². The monoisotopic (exact) mass is 403 g/mol. The third-order valence-corrected chi connectivity index (χ3v) is 4.82. The molecule has 0 fully saturated rings. The summed E-state index contributed by atoms with van der Waals surface area (Å²) < 4.78 is 0. The summed E-state index contributed by atoms with van der Waals surface area (Å²) in [5.74, 6) is 1.32. The van der Waals surface area contributed by atoms with E-state index >= 15 is 0 Å². The molecule has 1 heterocycles.